The first-order valence-corrected chi connectivity index (χ1v) is 8.16. The molecule has 0 N–H and O–H groups in total. The molecule has 3 rings (SSSR count). The molecule has 0 aliphatic carbocycles. The van der Waals surface area contributed by atoms with Crippen molar-refractivity contribution in [1.82, 2.24) is 14.9 Å². The van der Waals surface area contributed by atoms with E-state index < -0.39 is 0 Å². The van der Waals surface area contributed by atoms with Gasteiger partial charge in [-0.2, -0.15) is 5.10 Å². The van der Waals surface area contributed by atoms with E-state index in [4.69, 9.17) is 32.7 Å². The van der Waals surface area contributed by atoms with Crippen LogP contribution in [0.2, 0.25) is 10.0 Å². The summed E-state index contributed by atoms with van der Waals surface area (Å²) >= 11 is 12.5. The number of rotatable bonds is 7. The van der Waals surface area contributed by atoms with Crippen LogP contribution in [0.15, 0.2) is 60.2 Å². The van der Waals surface area contributed by atoms with E-state index >= 15 is 0 Å². The summed E-state index contributed by atoms with van der Waals surface area (Å²) in [6.07, 6.45) is 4.55. The molecule has 0 atom stereocenters. The second-order valence-electron chi connectivity index (χ2n) is 4.91. The molecule has 0 spiro atoms. The van der Waals surface area contributed by atoms with Crippen molar-refractivity contribution in [2.75, 3.05) is 13.2 Å². The van der Waals surface area contributed by atoms with E-state index in [9.17, 15) is 0 Å². The van der Waals surface area contributed by atoms with Crippen LogP contribution < -0.4 is 9.47 Å². The van der Waals surface area contributed by atoms with Crippen LogP contribution in [0, 0.1) is 0 Å². The van der Waals surface area contributed by atoms with E-state index in [0.717, 1.165) is 11.3 Å². The Morgan fingerprint density at radius 3 is 2.28 bits per heavy atom. The number of benzene rings is 2. The van der Waals surface area contributed by atoms with Crippen molar-refractivity contribution >= 4 is 29.4 Å². The van der Waals surface area contributed by atoms with E-state index in [0.29, 0.717) is 29.0 Å². The normalized spacial score (nSPS) is 11.0. The molecule has 128 valence electrons. The van der Waals surface area contributed by atoms with Gasteiger partial charge in [0.25, 0.3) is 0 Å². The van der Waals surface area contributed by atoms with Crippen LogP contribution in [-0.2, 0) is 0 Å². The monoisotopic (exact) mass is 376 g/mol. The number of halogens is 2. The van der Waals surface area contributed by atoms with Gasteiger partial charge in [0.05, 0.1) is 16.3 Å². The summed E-state index contributed by atoms with van der Waals surface area (Å²) in [5.41, 5.74) is 0.733. The number of para-hydroxylation sites is 1. The third kappa shape index (κ3) is 4.95. The molecule has 0 aliphatic rings. The summed E-state index contributed by atoms with van der Waals surface area (Å²) < 4.78 is 12.7. The predicted molar refractivity (Wildman–Crippen MR) is 96.9 cm³/mol. The van der Waals surface area contributed by atoms with Crippen LogP contribution >= 0.6 is 23.2 Å². The molecule has 1 heterocycles. The zero-order valence-electron chi connectivity index (χ0n) is 13.0. The molecule has 0 fully saturated rings. The average molecular weight is 377 g/mol. The lowest BCUT2D eigenvalue weighted by Crippen LogP contribution is -2.09. The van der Waals surface area contributed by atoms with Crippen molar-refractivity contribution in [1.29, 1.82) is 0 Å². The van der Waals surface area contributed by atoms with E-state index in [1.165, 1.54) is 17.3 Å². The standard InChI is InChI=1S/C17H14Cl2N4O2/c18-15-8-13(10-22-23-11-20-21-12-23)9-16(19)17(15)25-7-6-24-14-4-2-1-3-5-14/h1-5,8-12H,6-7H2/b22-10+. The maximum atomic E-state index is 6.25. The van der Waals surface area contributed by atoms with E-state index in [1.54, 1.807) is 18.3 Å². The Morgan fingerprint density at radius 2 is 1.60 bits per heavy atom. The van der Waals surface area contributed by atoms with Gasteiger partial charge in [-0.25, -0.2) is 4.68 Å². The van der Waals surface area contributed by atoms with Crippen molar-refractivity contribution in [3.05, 3.63) is 70.7 Å². The highest BCUT2D eigenvalue weighted by molar-refractivity contribution is 6.37. The lowest BCUT2D eigenvalue weighted by molar-refractivity contribution is 0.217. The van der Waals surface area contributed by atoms with Crippen molar-refractivity contribution in [3.63, 3.8) is 0 Å². The average Bonchev–Trinajstić information content (AvgIpc) is 3.13. The molecule has 0 bridgehead atoms. The molecule has 0 saturated carbocycles. The van der Waals surface area contributed by atoms with Crippen LogP contribution in [0.5, 0.6) is 11.5 Å². The van der Waals surface area contributed by atoms with Gasteiger partial charge in [-0.1, -0.05) is 41.4 Å². The Balaban J connectivity index is 1.58. The van der Waals surface area contributed by atoms with Gasteiger partial charge in [-0.15, -0.1) is 10.2 Å². The second kappa shape index (κ2) is 8.50. The molecule has 2 aromatic carbocycles. The predicted octanol–water partition coefficient (Wildman–Crippen LogP) is 3.92. The fourth-order valence-corrected chi connectivity index (χ4v) is 2.61. The largest absolute Gasteiger partial charge is 0.490 e. The summed E-state index contributed by atoms with van der Waals surface area (Å²) in [6, 6.07) is 12.9. The first-order chi connectivity index (χ1) is 12.2. The molecular weight excluding hydrogens is 363 g/mol. The number of hydrogen-bond donors (Lipinski definition) is 0. The third-order valence-corrected chi connectivity index (χ3v) is 3.67. The fourth-order valence-electron chi connectivity index (χ4n) is 2.00. The molecular formula is C17H14Cl2N4O2. The quantitative estimate of drug-likeness (QED) is 0.463. The molecule has 6 nitrogen and oxygen atoms in total. The maximum absolute atomic E-state index is 6.25. The van der Waals surface area contributed by atoms with Gasteiger partial charge in [0.1, 0.15) is 31.6 Å². The summed E-state index contributed by atoms with van der Waals surface area (Å²) in [5.74, 6) is 1.20. The number of nitrogens with zero attached hydrogens (tertiary/aromatic N) is 4. The Labute approximate surface area is 154 Å². The van der Waals surface area contributed by atoms with Crippen LogP contribution in [0.3, 0.4) is 0 Å². The maximum Gasteiger partial charge on any atom is 0.156 e. The van der Waals surface area contributed by atoms with Crippen LogP contribution in [0.4, 0.5) is 0 Å². The van der Waals surface area contributed by atoms with Crippen molar-refractivity contribution in [2.24, 2.45) is 5.10 Å². The van der Waals surface area contributed by atoms with Gasteiger partial charge in [-0.3, -0.25) is 0 Å². The minimum Gasteiger partial charge on any atom is -0.490 e. The second-order valence-corrected chi connectivity index (χ2v) is 5.72. The Kier molecular flexibility index (Phi) is 5.87. The van der Waals surface area contributed by atoms with Crippen molar-refractivity contribution in [2.45, 2.75) is 0 Å². The van der Waals surface area contributed by atoms with Gasteiger partial charge >= 0.3 is 0 Å². The lowest BCUT2D eigenvalue weighted by Gasteiger charge is -2.11. The third-order valence-electron chi connectivity index (χ3n) is 3.11. The lowest BCUT2D eigenvalue weighted by atomic mass is 10.2. The number of hydrogen-bond acceptors (Lipinski definition) is 5. The molecule has 3 aromatic rings. The summed E-state index contributed by atoms with van der Waals surface area (Å²) in [5, 5.41) is 12.3. The van der Waals surface area contributed by atoms with Gasteiger partial charge in [0.15, 0.2) is 5.75 Å². The van der Waals surface area contributed by atoms with Crippen LogP contribution in [-0.4, -0.2) is 34.3 Å². The van der Waals surface area contributed by atoms with Crippen molar-refractivity contribution in [3.8, 4) is 11.5 Å². The Bertz CT molecular complexity index is 816. The summed E-state index contributed by atoms with van der Waals surface area (Å²) in [6.45, 7) is 0.704. The van der Waals surface area contributed by atoms with Gasteiger partial charge in [0.2, 0.25) is 0 Å². The molecule has 25 heavy (non-hydrogen) atoms. The van der Waals surface area contributed by atoms with Crippen LogP contribution in [0.25, 0.3) is 0 Å². The SMILES string of the molecule is Clc1cc(/C=N/n2cnnc2)cc(Cl)c1OCCOc1ccccc1. The number of aromatic nitrogens is 3. The van der Waals surface area contributed by atoms with E-state index in [-0.39, 0.29) is 0 Å². The fraction of sp³-hybridized carbons (Fsp3) is 0.118. The van der Waals surface area contributed by atoms with Gasteiger partial charge in [0, 0.05) is 0 Å². The number of ether oxygens (including phenoxy) is 2. The first kappa shape index (κ1) is 17.3. The Morgan fingerprint density at radius 1 is 0.960 bits per heavy atom. The summed E-state index contributed by atoms with van der Waals surface area (Å²) in [7, 11) is 0. The highest BCUT2D eigenvalue weighted by Gasteiger charge is 2.09. The molecule has 0 radical (unpaired) electrons. The minimum atomic E-state index is 0.322. The summed E-state index contributed by atoms with van der Waals surface area (Å²) in [4.78, 5) is 0. The molecule has 8 heteroatoms. The van der Waals surface area contributed by atoms with Crippen molar-refractivity contribution < 1.29 is 9.47 Å². The van der Waals surface area contributed by atoms with Gasteiger partial charge < -0.3 is 9.47 Å². The van der Waals surface area contributed by atoms with Gasteiger partial charge in [-0.05, 0) is 29.8 Å². The first-order valence-electron chi connectivity index (χ1n) is 7.41. The Hall–Kier alpha value is -2.57. The zero-order valence-corrected chi connectivity index (χ0v) is 14.6. The zero-order chi connectivity index (χ0) is 17.5. The topological polar surface area (TPSA) is 61.5 Å². The minimum absolute atomic E-state index is 0.322. The molecule has 0 saturated heterocycles. The van der Waals surface area contributed by atoms with E-state index in [2.05, 4.69) is 15.3 Å². The smallest absolute Gasteiger partial charge is 0.156 e. The highest BCUT2D eigenvalue weighted by atomic mass is 35.5. The van der Waals surface area contributed by atoms with Crippen LogP contribution in [0.1, 0.15) is 5.56 Å². The molecule has 0 amide bonds. The van der Waals surface area contributed by atoms with E-state index in [1.807, 2.05) is 30.3 Å². The molecule has 0 unspecified atom stereocenters. The molecule has 1 aromatic heterocycles. The molecule has 0 aliphatic heterocycles. The highest BCUT2D eigenvalue weighted by Crippen LogP contribution is 2.33.